The van der Waals surface area contributed by atoms with Crippen LogP contribution >= 0.6 is 0 Å². The smallest absolute Gasteiger partial charge is 0.0649 e. The summed E-state index contributed by atoms with van der Waals surface area (Å²) >= 11 is 0. The molecule has 1 rings (SSSR count). The fourth-order valence-electron chi connectivity index (χ4n) is 2.19. The Hall–Kier alpha value is -0.0800. The van der Waals surface area contributed by atoms with Crippen LogP contribution in [0, 0.1) is 5.92 Å². The first-order chi connectivity index (χ1) is 6.87. The molecule has 0 aromatic heterocycles. The van der Waals surface area contributed by atoms with Crippen molar-refractivity contribution in [3.8, 4) is 0 Å². The monoisotopic (exact) mass is 214 g/mol. The highest BCUT2D eigenvalue weighted by Crippen LogP contribution is 2.36. The first kappa shape index (κ1) is 13.0. The Bertz CT molecular complexity index is 191. The highest BCUT2D eigenvalue weighted by molar-refractivity contribution is 4.86. The average Bonchev–Trinajstić information content (AvgIpc) is 2.21. The highest BCUT2D eigenvalue weighted by Gasteiger charge is 2.33. The number of hydrogen-bond donors (Lipinski definition) is 1. The Balaban J connectivity index is 2.37. The number of rotatable bonds is 4. The van der Waals surface area contributed by atoms with Gasteiger partial charge in [-0.1, -0.05) is 6.92 Å². The van der Waals surface area contributed by atoms with Crippen LogP contribution in [0.4, 0.5) is 0 Å². The zero-order valence-electron chi connectivity index (χ0n) is 10.7. The molecule has 0 saturated heterocycles. The summed E-state index contributed by atoms with van der Waals surface area (Å²) in [6.45, 7) is 6.45. The highest BCUT2D eigenvalue weighted by atomic mass is 16.5. The van der Waals surface area contributed by atoms with Crippen LogP contribution in [0.2, 0.25) is 0 Å². The van der Waals surface area contributed by atoms with Gasteiger partial charge in [-0.15, -0.1) is 0 Å². The Morgan fingerprint density at radius 3 is 2.33 bits per heavy atom. The van der Waals surface area contributed by atoms with Crippen molar-refractivity contribution in [2.45, 2.75) is 70.5 Å². The molecule has 0 aromatic rings. The van der Waals surface area contributed by atoms with Crippen LogP contribution in [-0.4, -0.2) is 23.4 Å². The third-order valence-electron chi connectivity index (χ3n) is 3.95. The quantitative estimate of drug-likeness (QED) is 0.779. The number of hydrogen-bond acceptors (Lipinski definition) is 2. The predicted octanol–water partition coefficient (Wildman–Crippen LogP) is 3.13. The molecule has 1 N–H and O–H groups in total. The lowest BCUT2D eigenvalue weighted by Gasteiger charge is -2.37. The average molecular weight is 214 g/mol. The van der Waals surface area contributed by atoms with Crippen molar-refractivity contribution in [1.29, 1.82) is 0 Å². The van der Waals surface area contributed by atoms with E-state index in [0.29, 0.717) is 0 Å². The molecule has 2 heteroatoms. The summed E-state index contributed by atoms with van der Waals surface area (Å²) in [4.78, 5) is 0. The second-order valence-corrected chi connectivity index (χ2v) is 5.87. The van der Waals surface area contributed by atoms with Gasteiger partial charge in [0.05, 0.1) is 11.2 Å². The molecule has 0 amide bonds. The van der Waals surface area contributed by atoms with Crippen LogP contribution in [0.5, 0.6) is 0 Å². The minimum Gasteiger partial charge on any atom is -0.390 e. The van der Waals surface area contributed by atoms with Gasteiger partial charge in [0.1, 0.15) is 0 Å². The fraction of sp³-hybridized carbons (Fsp3) is 1.00. The number of methoxy groups -OCH3 is 1. The molecule has 0 aromatic carbocycles. The van der Waals surface area contributed by atoms with Crippen LogP contribution in [0.25, 0.3) is 0 Å². The number of ether oxygens (including phenoxy) is 1. The zero-order valence-corrected chi connectivity index (χ0v) is 10.7. The van der Waals surface area contributed by atoms with Crippen molar-refractivity contribution in [1.82, 2.24) is 0 Å². The van der Waals surface area contributed by atoms with E-state index < -0.39 is 5.60 Å². The van der Waals surface area contributed by atoms with Gasteiger partial charge in [0, 0.05) is 7.11 Å². The molecular weight excluding hydrogens is 188 g/mol. The van der Waals surface area contributed by atoms with Crippen molar-refractivity contribution in [3.63, 3.8) is 0 Å². The lowest BCUT2D eigenvalue weighted by molar-refractivity contribution is -0.0482. The topological polar surface area (TPSA) is 29.5 Å². The summed E-state index contributed by atoms with van der Waals surface area (Å²) in [5, 5.41) is 10.4. The lowest BCUT2D eigenvalue weighted by Crippen LogP contribution is -2.36. The lowest BCUT2D eigenvalue weighted by atomic mass is 9.76. The molecule has 90 valence electrons. The van der Waals surface area contributed by atoms with E-state index in [1.54, 1.807) is 7.11 Å². The van der Waals surface area contributed by atoms with Crippen molar-refractivity contribution in [2.24, 2.45) is 5.92 Å². The maximum absolute atomic E-state index is 10.4. The molecule has 1 aliphatic carbocycles. The number of aliphatic hydroxyl groups is 1. The van der Waals surface area contributed by atoms with Crippen molar-refractivity contribution in [3.05, 3.63) is 0 Å². The fourth-order valence-corrected chi connectivity index (χ4v) is 2.19. The molecule has 15 heavy (non-hydrogen) atoms. The molecule has 0 spiro atoms. The Labute approximate surface area is 94.0 Å². The van der Waals surface area contributed by atoms with Crippen LogP contribution in [0.15, 0.2) is 0 Å². The van der Waals surface area contributed by atoms with Gasteiger partial charge >= 0.3 is 0 Å². The van der Waals surface area contributed by atoms with Crippen molar-refractivity contribution >= 4 is 0 Å². The van der Waals surface area contributed by atoms with Gasteiger partial charge in [-0.3, -0.25) is 0 Å². The first-order valence-corrected chi connectivity index (χ1v) is 6.14. The van der Waals surface area contributed by atoms with Crippen LogP contribution in [0.3, 0.4) is 0 Å². The van der Waals surface area contributed by atoms with Gasteiger partial charge < -0.3 is 9.84 Å². The molecule has 1 saturated carbocycles. The van der Waals surface area contributed by atoms with E-state index >= 15 is 0 Å². The molecule has 0 atom stereocenters. The normalized spacial score (nSPS) is 33.0. The van der Waals surface area contributed by atoms with Crippen molar-refractivity contribution < 1.29 is 9.84 Å². The molecule has 0 heterocycles. The molecule has 2 nitrogen and oxygen atoms in total. The Morgan fingerprint density at radius 2 is 1.87 bits per heavy atom. The van der Waals surface area contributed by atoms with E-state index in [0.717, 1.165) is 31.6 Å². The molecule has 0 radical (unpaired) electrons. The summed E-state index contributed by atoms with van der Waals surface area (Å²) in [6.07, 6.45) is 6.09. The van der Waals surface area contributed by atoms with Gasteiger partial charge in [0.15, 0.2) is 0 Å². The summed E-state index contributed by atoms with van der Waals surface area (Å²) in [5.41, 5.74) is -0.513. The summed E-state index contributed by atoms with van der Waals surface area (Å²) < 4.78 is 5.38. The molecule has 0 bridgehead atoms. The predicted molar refractivity (Wildman–Crippen MR) is 62.9 cm³/mol. The Morgan fingerprint density at radius 1 is 1.33 bits per heavy atom. The minimum absolute atomic E-state index is 0.0984. The third kappa shape index (κ3) is 4.12. The van der Waals surface area contributed by atoms with Crippen LogP contribution < -0.4 is 0 Å². The maximum atomic E-state index is 10.4. The van der Waals surface area contributed by atoms with Crippen molar-refractivity contribution in [2.75, 3.05) is 7.11 Å². The molecular formula is C13H26O2. The minimum atomic E-state index is -0.414. The van der Waals surface area contributed by atoms with Crippen LogP contribution in [-0.2, 0) is 4.74 Å². The van der Waals surface area contributed by atoms with Gasteiger partial charge in [-0.2, -0.15) is 0 Å². The second-order valence-electron chi connectivity index (χ2n) is 5.87. The first-order valence-electron chi connectivity index (χ1n) is 6.14. The maximum Gasteiger partial charge on any atom is 0.0649 e. The zero-order chi connectivity index (χ0) is 11.5. The second kappa shape index (κ2) is 4.84. The van der Waals surface area contributed by atoms with E-state index in [9.17, 15) is 5.11 Å². The van der Waals surface area contributed by atoms with Gasteiger partial charge in [-0.05, 0) is 58.3 Å². The van der Waals surface area contributed by atoms with Gasteiger partial charge in [0.2, 0.25) is 0 Å². The van der Waals surface area contributed by atoms with E-state index in [1.165, 1.54) is 12.8 Å². The summed E-state index contributed by atoms with van der Waals surface area (Å²) in [7, 11) is 1.74. The van der Waals surface area contributed by atoms with E-state index in [1.807, 2.05) is 0 Å². The summed E-state index contributed by atoms with van der Waals surface area (Å²) in [5.74, 6) is 0.792. The van der Waals surface area contributed by atoms with Gasteiger partial charge in [0.25, 0.3) is 0 Å². The largest absolute Gasteiger partial charge is 0.390 e. The van der Waals surface area contributed by atoms with Gasteiger partial charge in [-0.25, -0.2) is 0 Å². The third-order valence-corrected chi connectivity index (χ3v) is 3.95. The summed E-state index contributed by atoms with van der Waals surface area (Å²) in [6, 6.07) is 0. The van der Waals surface area contributed by atoms with E-state index in [4.69, 9.17) is 4.74 Å². The standard InChI is InChI=1S/C13H26O2/c1-11-5-7-13(14,8-6-11)10-9-12(2,3)15-4/h11,14H,5-10H2,1-4H3. The van der Waals surface area contributed by atoms with E-state index in [2.05, 4.69) is 20.8 Å². The molecule has 1 fully saturated rings. The molecule has 1 aliphatic rings. The molecule has 0 aliphatic heterocycles. The Kier molecular flexibility index (Phi) is 4.19. The molecule has 0 unspecified atom stereocenters. The van der Waals surface area contributed by atoms with Crippen LogP contribution in [0.1, 0.15) is 59.3 Å². The SMILES string of the molecule is COC(C)(C)CCC1(O)CCC(C)CC1. The van der Waals surface area contributed by atoms with E-state index in [-0.39, 0.29) is 5.60 Å².